The van der Waals surface area contributed by atoms with Crippen molar-refractivity contribution < 1.29 is 22.7 Å². The second-order valence-corrected chi connectivity index (χ2v) is 5.41. The van der Waals surface area contributed by atoms with Crippen molar-refractivity contribution in [2.45, 2.75) is 11.8 Å². The predicted octanol–water partition coefficient (Wildman–Crippen LogP) is 0.532. The van der Waals surface area contributed by atoms with Gasteiger partial charge in [0.05, 0.1) is 11.5 Å². The van der Waals surface area contributed by atoms with Crippen LogP contribution in [0.5, 0.6) is 0 Å². The molecule has 0 bridgehead atoms. The van der Waals surface area contributed by atoms with Crippen molar-refractivity contribution >= 4 is 27.7 Å². The predicted molar refractivity (Wildman–Crippen MR) is 75.7 cm³/mol. The van der Waals surface area contributed by atoms with E-state index in [9.17, 15) is 18.0 Å². The first-order valence-electron chi connectivity index (χ1n) is 5.81. The van der Waals surface area contributed by atoms with Gasteiger partial charge in [0.1, 0.15) is 5.70 Å². The first-order chi connectivity index (χ1) is 9.74. The Balaban J connectivity index is 2.63. The molecule has 8 nitrogen and oxygen atoms in total. The average molecular weight is 313 g/mol. The van der Waals surface area contributed by atoms with Gasteiger partial charge in [-0.3, -0.25) is 0 Å². The Morgan fingerprint density at radius 2 is 1.86 bits per heavy atom. The van der Waals surface area contributed by atoms with E-state index in [4.69, 9.17) is 5.14 Å². The van der Waals surface area contributed by atoms with E-state index in [0.29, 0.717) is 5.69 Å². The number of sulfonamides is 1. The number of amides is 2. The third kappa shape index (κ3) is 5.24. The molecule has 0 unspecified atom stereocenters. The van der Waals surface area contributed by atoms with Crippen LogP contribution < -0.4 is 15.8 Å². The van der Waals surface area contributed by atoms with Crippen molar-refractivity contribution in [1.29, 1.82) is 0 Å². The summed E-state index contributed by atoms with van der Waals surface area (Å²) in [6.07, 6.45) is 0. The monoisotopic (exact) mass is 313 g/mol. The van der Waals surface area contributed by atoms with Crippen molar-refractivity contribution in [2.24, 2.45) is 5.14 Å². The molecule has 0 atom stereocenters. The van der Waals surface area contributed by atoms with Crippen LogP contribution in [-0.4, -0.2) is 27.0 Å². The minimum Gasteiger partial charge on any atom is -0.461 e. The Kier molecular flexibility index (Phi) is 5.44. The van der Waals surface area contributed by atoms with Crippen LogP contribution in [0.2, 0.25) is 0 Å². The maximum absolute atomic E-state index is 11.6. The topological polar surface area (TPSA) is 128 Å². The second-order valence-electron chi connectivity index (χ2n) is 3.85. The highest BCUT2D eigenvalue weighted by Crippen LogP contribution is 2.12. The highest BCUT2D eigenvalue weighted by molar-refractivity contribution is 7.89. The lowest BCUT2D eigenvalue weighted by atomic mass is 10.3. The number of primary sulfonamides is 1. The third-order valence-electron chi connectivity index (χ3n) is 2.23. The molecule has 0 aliphatic heterocycles. The van der Waals surface area contributed by atoms with Gasteiger partial charge in [0.25, 0.3) is 0 Å². The van der Waals surface area contributed by atoms with Crippen LogP contribution in [-0.2, 0) is 19.6 Å². The van der Waals surface area contributed by atoms with Gasteiger partial charge in [0, 0.05) is 5.69 Å². The summed E-state index contributed by atoms with van der Waals surface area (Å²) in [5.74, 6) is -0.739. The van der Waals surface area contributed by atoms with Crippen LogP contribution in [0.1, 0.15) is 6.92 Å². The van der Waals surface area contributed by atoms with E-state index in [2.05, 4.69) is 21.9 Å². The van der Waals surface area contributed by atoms with E-state index in [1.54, 1.807) is 6.92 Å². The molecule has 0 fully saturated rings. The van der Waals surface area contributed by atoms with E-state index in [0.717, 1.165) is 0 Å². The van der Waals surface area contributed by atoms with Gasteiger partial charge in [-0.15, -0.1) is 0 Å². The fourth-order valence-electron chi connectivity index (χ4n) is 1.30. The van der Waals surface area contributed by atoms with Gasteiger partial charge in [-0.2, -0.15) is 0 Å². The lowest BCUT2D eigenvalue weighted by Gasteiger charge is -2.09. The minimum absolute atomic E-state index is 0.0793. The number of nitrogens with two attached hydrogens (primary N) is 1. The molecule has 21 heavy (non-hydrogen) atoms. The number of rotatable bonds is 5. The molecule has 0 aliphatic rings. The van der Waals surface area contributed by atoms with Crippen molar-refractivity contribution in [1.82, 2.24) is 5.32 Å². The second kappa shape index (κ2) is 6.86. The largest absolute Gasteiger partial charge is 0.461 e. The number of esters is 1. The summed E-state index contributed by atoms with van der Waals surface area (Å²) in [7, 11) is -3.79. The van der Waals surface area contributed by atoms with E-state index < -0.39 is 22.0 Å². The Bertz CT molecular complexity index is 652. The van der Waals surface area contributed by atoms with Crippen molar-refractivity contribution in [3.63, 3.8) is 0 Å². The molecule has 114 valence electrons. The zero-order valence-corrected chi connectivity index (χ0v) is 12.1. The zero-order valence-electron chi connectivity index (χ0n) is 11.3. The molecule has 1 rings (SSSR count). The summed E-state index contributed by atoms with van der Waals surface area (Å²) < 4.78 is 26.8. The molecule has 4 N–H and O–H groups in total. The summed E-state index contributed by atoms with van der Waals surface area (Å²) in [5, 5.41) is 9.54. The molecule has 0 saturated carbocycles. The molecule has 2 amide bonds. The number of ether oxygens (including phenoxy) is 1. The molecule has 0 heterocycles. The number of carbonyl (C=O) groups excluding carboxylic acids is 2. The Morgan fingerprint density at radius 3 is 2.33 bits per heavy atom. The van der Waals surface area contributed by atoms with Gasteiger partial charge in [0.2, 0.25) is 10.0 Å². The normalized spacial score (nSPS) is 10.6. The fraction of sp³-hybridized carbons (Fsp3) is 0.167. The summed E-state index contributed by atoms with van der Waals surface area (Å²) >= 11 is 0. The van der Waals surface area contributed by atoms with E-state index in [-0.39, 0.29) is 17.2 Å². The van der Waals surface area contributed by atoms with E-state index in [1.807, 2.05) is 0 Å². The first-order valence-corrected chi connectivity index (χ1v) is 7.35. The van der Waals surface area contributed by atoms with Crippen LogP contribution in [0, 0.1) is 0 Å². The first kappa shape index (κ1) is 16.7. The smallest absolute Gasteiger partial charge is 0.354 e. The summed E-state index contributed by atoms with van der Waals surface area (Å²) in [6.45, 7) is 5.15. The summed E-state index contributed by atoms with van der Waals surface area (Å²) in [6, 6.07) is 4.48. The average Bonchev–Trinajstić information content (AvgIpc) is 2.38. The maximum atomic E-state index is 11.6. The SMILES string of the molecule is C=C(NC(=O)Nc1ccc(S(N)(=O)=O)cc1)C(=O)OCC. The van der Waals surface area contributed by atoms with Crippen LogP contribution in [0.15, 0.2) is 41.4 Å². The van der Waals surface area contributed by atoms with Crippen LogP contribution in [0.25, 0.3) is 0 Å². The summed E-state index contributed by atoms with van der Waals surface area (Å²) in [5.41, 5.74) is 0.104. The molecule has 1 aromatic carbocycles. The Morgan fingerprint density at radius 1 is 1.29 bits per heavy atom. The van der Waals surface area contributed by atoms with Crippen LogP contribution in [0.3, 0.4) is 0 Å². The highest BCUT2D eigenvalue weighted by atomic mass is 32.2. The van der Waals surface area contributed by atoms with Gasteiger partial charge in [-0.05, 0) is 31.2 Å². The number of benzene rings is 1. The molecule has 9 heteroatoms. The molecule has 1 aromatic rings. The number of urea groups is 1. The lowest BCUT2D eigenvalue weighted by molar-refractivity contribution is -0.138. The minimum atomic E-state index is -3.79. The van der Waals surface area contributed by atoms with Gasteiger partial charge in [-0.1, -0.05) is 6.58 Å². The number of carbonyl (C=O) groups is 2. The lowest BCUT2D eigenvalue weighted by Crippen LogP contribution is -2.31. The van der Waals surface area contributed by atoms with Crippen LogP contribution in [0.4, 0.5) is 10.5 Å². The van der Waals surface area contributed by atoms with Crippen molar-refractivity contribution in [3.8, 4) is 0 Å². The Labute approximate surface area is 122 Å². The van der Waals surface area contributed by atoms with E-state index in [1.165, 1.54) is 24.3 Å². The third-order valence-corrected chi connectivity index (χ3v) is 3.16. The summed E-state index contributed by atoms with van der Waals surface area (Å²) in [4.78, 5) is 22.7. The molecular formula is C12H15N3O5S. The number of hydrogen-bond donors (Lipinski definition) is 3. The maximum Gasteiger partial charge on any atom is 0.354 e. The standard InChI is InChI=1S/C12H15N3O5S/c1-3-20-11(16)8(2)14-12(17)15-9-4-6-10(7-5-9)21(13,18)19/h4-7H,2-3H2,1H3,(H2,13,18,19)(H2,14,15,17). The van der Waals surface area contributed by atoms with E-state index >= 15 is 0 Å². The molecule has 0 aliphatic carbocycles. The fourth-order valence-corrected chi connectivity index (χ4v) is 1.81. The number of anilines is 1. The van der Waals surface area contributed by atoms with Gasteiger partial charge in [-0.25, -0.2) is 23.1 Å². The Hall–Kier alpha value is -2.39. The van der Waals surface area contributed by atoms with Gasteiger partial charge >= 0.3 is 12.0 Å². The molecule has 0 radical (unpaired) electrons. The zero-order chi connectivity index (χ0) is 16.0. The van der Waals surface area contributed by atoms with Crippen molar-refractivity contribution in [3.05, 3.63) is 36.5 Å². The van der Waals surface area contributed by atoms with Crippen LogP contribution >= 0.6 is 0 Å². The van der Waals surface area contributed by atoms with Gasteiger partial charge in [0.15, 0.2) is 0 Å². The number of hydrogen-bond acceptors (Lipinski definition) is 5. The van der Waals surface area contributed by atoms with Gasteiger partial charge < -0.3 is 15.4 Å². The quantitative estimate of drug-likeness (QED) is 0.539. The molecule has 0 aromatic heterocycles. The molecule has 0 spiro atoms. The number of nitrogens with one attached hydrogen (secondary N) is 2. The molecular weight excluding hydrogens is 298 g/mol. The highest BCUT2D eigenvalue weighted by Gasteiger charge is 2.12. The van der Waals surface area contributed by atoms with Crippen molar-refractivity contribution in [2.75, 3.05) is 11.9 Å². The molecule has 0 saturated heterocycles.